The molecule has 0 saturated carbocycles. The third kappa shape index (κ3) is 5.69. The summed E-state index contributed by atoms with van der Waals surface area (Å²) in [6.07, 6.45) is 1.79. The molecule has 3 nitrogen and oxygen atoms in total. The Balaban J connectivity index is 2.54. The number of hydrogen-bond acceptors (Lipinski definition) is 3. The molecule has 1 N–H and O–H groups in total. The first kappa shape index (κ1) is 15.3. The third-order valence-corrected chi connectivity index (χ3v) is 2.69. The van der Waals surface area contributed by atoms with Crippen LogP contribution in [-0.4, -0.2) is 24.5 Å². The number of nitrogens with zero attached hydrogens (tertiary/aromatic N) is 1. The summed E-state index contributed by atoms with van der Waals surface area (Å²) in [6.45, 7) is 13.9. The van der Waals surface area contributed by atoms with E-state index in [1.807, 2.05) is 0 Å². The molecule has 0 saturated heterocycles. The van der Waals surface area contributed by atoms with Crippen molar-refractivity contribution >= 4 is 0 Å². The second-order valence-electron chi connectivity index (χ2n) is 6.64. The van der Waals surface area contributed by atoms with Crippen LogP contribution < -0.4 is 5.32 Å². The molecule has 1 aromatic heterocycles. The first-order valence-electron chi connectivity index (χ1n) is 6.75. The molecule has 1 rings (SSSR count). The predicted octanol–water partition coefficient (Wildman–Crippen LogP) is 3.26. The fraction of sp³-hybridized carbons (Fsp3) is 0.733. The van der Waals surface area contributed by atoms with Crippen LogP contribution in [0.3, 0.4) is 0 Å². The summed E-state index contributed by atoms with van der Waals surface area (Å²) in [5.41, 5.74) is 1.62. The zero-order valence-electron chi connectivity index (χ0n) is 12.7. The number of nitrogens with one attached hydrogen (secondary N) is 1. The summed E-state index contributed by atoms with van der Waals surface area (Å²) in [6, 6.07) is 2.56. The van der Waals surface area contributed by atoms with Crippen LogP contribution in [0.1, 0.15) is 45.9 Å². The minimum atomic E-state index is 0.328. The molecule has 1 heterocycles. The molecule has 3 heteroatoms. The van der Waals surface area contributed by atoms with Gasteiger partial charge in [0, 0.05) is 24.7 Å². The highest BCUT2D eigenvalue weighted by molar-refractivity contribution is 5.16. The lowest BCUT2D eigenvalue weighted by atomic mass is 9.96. The van der Waals surface area contributed by atoms with Crippen LogP contribution >= 0.6 is 0 Å². The molecule has 104 valence electrons. The first-order chi connectivity index (χ1) is 8.28. The van der Waals surface area contributed by atoms with Crippen LogP contribution in [0.15, 0.2) is 16.7 Å². The van der Waals surface area contributed by atoms with Crippen LogP contribution in [-0.2, 0) is 13.1 Å². The molecule has 0 aromatic carbocycles. The van der Waals surface area contributed by atoms with Crippen molar-refractivity contribution in [2.24, 2.45) is 5.41 Å². The van der Waals surface area contributed by atoms with E-state index < -0.39 is 0 Å². The monoisotopic (exact) mass is 252 g/mol. The molecule has 0 aliphatic heterocycles. The quantitative estimate of drug-likeness (QED) is 0.842. The second-order valence-corrected chi connectivity index (χ2v) is 6.64. The molecule has 0 aliphatic carbocycles. The number of hydrogen-bond donors (Lipinski definition) is 1. The van der Waals surface area contributed by atoms with Gasteiger partial charge in [0.1, 0.15) is 5.76 Å². The van der Waals surface area contributed by atoms with Crippen molar-refractivity contribution in [1.29, 1.82) is 0 Å². The van der Waals surface area contributed by atoms with Gasteiger partial charge in [-0.25, -0.2) is 0 Å². The lowest BCUT2D eigenvalue weighted by Crippen LogP contribution is -2.29. The normalized spacial score (nSPS) is 12.7. The van der Waals surface area contributed by atoms with Crippen molar-refractivity contribution in [3.63, 3.8) is 0 Å². The molecular weight excluding hydrogens is 224 g/mol. The van der Waals surface area contributed by atoms with Gasteiger partial charge in [-0.05, 0) is 18.5 Å². The fourth-order valence-corrected chi connectivity index (χ4v) is 2.12. The Kier molecular flexibility index (Phi) is 5.42. The highest BCUT2D eigenvalue weighted by Gasteiger charge is 2.15. The van der Waals surface area contributed by atoms with Crippen molar-refractivity contribution in [2.75, 3.05) is 13.6 Å². The van der Waals surface area contributed by atoms with E-state index in [-0.39, 0.29) is 0 Å². The van der Waals surface area contributed by atoms with Gasteiger partial charge >= 0.3 is 0 Å². The Bertz CT molecular complexity index is 350. The molecule has 0 unspecified atom stereocenters. The maximum absolute atomic E-state index is 5.56. The Labute approximate surface area is 112 Å². The highest BCUT2D eigenvalue weighted by atomic mass is 16.3. The molecule has 0 atom stereocenters. The van der Waals surface area contributed by atoms with E-state index in [0.717, 1.165) is 25.4 Å². The van der Waals surface area contributed by atoms with E-state index in [4.69, 9.17) is 4.42 Å². The van der Waals surface area contributed by atoms with Gasteiger partial charge in [0.05, 0.1) is 12.8 Å². The lowest BCUT2D eigenvalue weighted by Gasteiger charge is -2.26. The highest BCUT2D eigenvalue weighted by Crippen LogP contribution is 2.18. The van der Waals surface area contributed by atoms with Gasteiger partial charge < -0.3 is 14.6 Å². The summed E-state index contributed by atoms with van der Waals surface area (Å²) in [7, 11) is 2.16. The minimum Gasteiger partial charge on any atom is -0.468 e. The van der Waals surface area contributed by atoms with Crippen LogP contribution in [0.2, 0.25) is 0 Å². The lowest BCUT2D eigenvalue weighted by molar-refractivity contribution is 0.219. The van der Waals surface area contributed by atoms with Gasteiger partial charge in [-0.1, -0.05) is 34.6 Å². The molecule has 0 aliphatic rings. The summed E-state index contributed by atoms with van der Waals surface area (Å²) in [5, 5.41) is 3.40. The molecule has 0 amide bonds. The van der Waals surface area contributed by atoms with Crippen molar-refractivity contribution in [2.45, 2.75) is 53.8 Å². The van der Waals surface area contributed by atoms with E-state index in [1.165, 1.54) is 5.56 Å². The SMILES string of the molecule is CC(C)NCc1occc1CN(C)CC(C)(C)C. The second kappa shape index (κ2) is 6.39. The first-order valence-corrected chi connectivity index (χ1v) is 6.75. The summed E-state index contributed by atoms with van der Waals surface area (Å²) >= 11 is 0. The van der Waals surface area contributed by atoms with E-state index in [2.05, 4.69) is 57.9 Å². The van der Waals surface area contributed by atoms with Crippen LogP contribution in [0, 0.1) is 5.41 Å². The van der Waals surface area contributed by atoms with Gasteiger partial charge in [0.15, 0.2) is 0 Å². The van der Waals surface area contributed by atoms with Gasteiger partial charge in [0.2, 0.25) is 0 Å². The maximum atomic E-state index is 5.56. The molecule has 0 bridgehead atoms. The fourth-order valence-electron chi connectivity index (χ4n) is 2.12. The Morgan fingerprint density at radius 1 is 1.33 bits per heavy atom. The Morgan fingerprint density at radius 3 is 2.56 bits per heavy atom. The molecule has 0 fully saturated rings. The third-order valence-electron chi connectivity index (χ3n) is 2.69. The molecule has 1 aromatic rings. The maximum Gasteiger partial charge on any atom is 0.122 e. The zero-order valence-corrected chi connectivity index (χ0v) is 12.7. The molecule has 0 radical (unpaired) electrons. The Hall–Kier alpha value is -0.800. The van der Waals surface area contributed by atoms with E-state index in [0.29, 0.717) is 11.5 Å². The topological polar surface area (TPSA) is 28.4 Å². The minimum absolute atomic E-state index is 0.328. The Morgan fingerprint density at radius 2 is 2.00 bits per heavy atom. The van der Waals surface area contributed by atoms with Crippen molar-refractivity contribution in [1.82, 2.24) is 10.2 Å². The standard InChI is InChI=1S/C15H28N2O/c1-12(2)16-9-14-13(7-8-18-14)10-17(6)11-15(3,4)5/h7-8,12,16H,9-11H2,1-6H3. The van der Waals surface area contributed by atoms with Crippen LogP contribution in [0.4, 0.5) is 0 Å². The van der Waals surface area contributed by atoms with Gasteiger partial charge in [-0.15, -0.1) is 0 Å². The number of rotatable bonds is 6. The number of furan rings is 1. The van der Waals surface area contributed by atoms with Crippen molar-refractivity contribution in [3.8, 4) is 0 Å². The summed E-state index contributed by atoms with van der Waals surface area (Å²) in [4.78, 5) is 2.35. The smallest absolute Gasteiger partial charge is 0.122 e. The van der Waals surface area contributed by atoms with Gasteiger partial charge in [0.25, 0.3) is 0 Å². The predicted molar refractivity (Wildman–Crippen MR) is 76.5 cm³/mol. The van der Waals surface area contributed by atoms with Crippen LogP contribution in [0.5, 0.6) is 0 Å². The average Bonchev–Trinajstić information content (AvgIpc) is 2.59. The van der Waals surface area contributed by atoms with E-state index in [9.17, 15) is 0 Å². The van der Waals surface area contributed by atoms with E-state index in [1.54, 1.807) is 6.26 Å². The largest absolute Gasteiger partial charge is 0.468 e. The molecule has 0 spiro atoms. The molecule has 18 heavy (non-hydrogen) atoms. The van der Waals surface area contributed by atoms with Crippen LogP contribution in [0.25, 0.3) is 0 Å². The van der Waals surface area contributed by atoms with Crippen molar-refractivity contribution < 1.29 is 4.42 Å². The zero-order chi connectivity index (χ0) is 13.8. The van der Waals surface area contributed by atoms with Crippen molar-refractivity contribution in [3.05, 3.63) is 23.7 Å². The molecular formula is C15H28N2O. The van der Waals surface area contributed by atoms with Gasteiger partial charge in [-0.3, -0.25) is 0 Å². The van der Waals surface area contributed by atoms with E-state index >= 15 is 0 Å². The summed E-state index contributed by atoms with van der Waals surface area (Å²) < 4.78 is 5.56. The summed E-state index contributed by atoms with van der Waals surface area (Å²) in [5.74, 6) is 1.06. The average molecular weight is 252 g/mol. The van der Waals surface area contributed by atoms with Gasteiger partial charge in [-0.2, -0.15) is 0 Å².